The molecule has 0 bridgehead atoms. The highest BCUT2D eigenvalue weighted by Gasteiger charge is 2.13. The van der Waals surface area contributed by atoms with E-state index < -0.39 is 0 Å². The summed E-state index contributed by atoms with van der Waals surface area (Å²) in [4.78, 5) is 11.5. The molecule has 3 heteroatoms. The van der Waals surface area contributed by atoms with E-state index in [1.807, 2.05) is 30.3 Å². The number of hydrogen-bond donors (Lipinski definition) is 0. The summed E-state index contributed by atoms with van der Waals surface area (Å²) < 4.78 is 11.0. The van der Waals surface area contributed by atoms with Crippen LogP contribution in [0.1, 0.15) is 22.8 Å². The van der Waals surface area contributed by atoms with E-state index in [-0.39, 0.29) is 5.78 Å². The first-order valence-corrected chi connectivity index (χ1v) is 6.07. The topological polar surface area (TPSA) is 35.5 Å². The molecule has 0 N–H and O–H groups in total. The second-order valence-corrected chi connectivity index (χ2v) is 4.17. The van der Waals surface area contributed by atoms with Gasteiger partial charge in [-0.1, -0.05) is 36.4 Å². The summed E-state index contributed by atoms with van der Waals surface area (Å²) in [5.74, 6) is 1.03. The number of carbonyl (C=O) groups excluding carboxylic acids is 1. The SMILES string of the molecule is COc1c(OCc2ccccc2)cccc1C(C)=O. The molecule has 98 valence electrons. The van der Waals surface area contributed by atoms with Crippen LogP contribution in [0.25, 0.3) is 0 Å². The van der Waals surface area contributed by atoms with E-state index in [9.17, 15) is 4.79 Å². The minimum absolute atomic E-state index is 0.0398. The molecule has 0 amide bonds. The van der Waals surface area contributed by atoms with Crippen LogP contribution in [-0.2, 0) is 6.61 Å². The van der Waals surface area contributed by atoms with Gasteiger partial charge in [-0.25, -0.2) is 0 Å². The molecule has 0 fully saturated rings. The number of para-hydroxylation sites is 1. The van der Waals surface area contributed by atoms with Crippen molar-refractivity contribution in [3.05, 3.63) is 59.7 Å². The predicted molar refractivity (Wildman–Crippen MR) is 73.8 cm³/mol. The first kappa shape index (κ1) is 13.1. The lowest BCUT2D eigenvalue weighted by atomic mass is 10.1. The molecule has 2 rings (SSSR count). The van der Waals surface area contributed by atoms with Gasteiger partial charge >= 0.3 is 0 Å². The number of benzene rings is 2. The highest BCUT2D eigenvalue weighted by atomic mass is 16.5. The van der Waals surface area contributed by atoms with E-state index in [1.54, 1.807) is 18.2 Å². The summed E-state index contributed by atoms with van der Waals surface area (Å²) in [6.45, 7) is 1.96. The quantitative estimate of drug-likeness (QED) is 0.768. The maximum Gasteiger partial charge on any atom is 0.171 e. The van der Waals surface area contributed by atoms with Gasteiger partial charge in [0.1, 0.15) is 6.61 Å². The molecule has 0 aromatic heterocycles. The van der Waals surface area contributed by atoms with Crippen molar-refractivity contribution in [3.8, 4) is 11.5 Å². The first-order chi connectivity index (χ1) is 9.22. The molecule has 2 aromatic rings. The molecule has 0 unspecified atom stereocenters. The van der Waals surface area contributed by atoms with Crippen molar-refractivity contribution in [1.82, 2.24) is 0 Å². The Kier molecular flexibility index (Phi) is 4.18. The Balaban J connectivity index is 2.21. The Morgan fingerprint density at radius 2 is 1.79 bits per heavy atom. The number of rotatable bonds is 5. The van der Waals surface area contributed by atoms with Gasteiger partial charge in [0.2, 0.25) is 0 Å². The van der Waals surface area contributed by atoms with Crippen LogP contribution in [0.15, 0.2) is 48.5 Å². The largest absolute Gasteiger partial charge is 0.492 e. The van der Waals surface area contributed by atoms with E-state index in [0.717, 1.165) is 5.56 Å². The summed E-state index contributed by atoms with van der Waals surface area (Å²) in [5.41, 5.74) is 1.60. The van der Waals surface area contributed by atoms with Gasteiger partial charge in [-0.05, 0) is 24.6 Å². The van der Waals surface area contributed by atoms with E-state index in [0.29, 0.717) is 23.7 Å². The monoisotopic (exact) mass is 256 g/mol. The van der Waals surface area contributed by atoms with Crippen LogP contribution in [0.5, 0.6) is 11.5 Å². The summed E-state index contributed by atoms with van der Waals surface area (Å²) >= 11 is 0. The minimum Gasteiger partial charge on any atom is -0.492 e. The molecule has 19 heavy (non-hydrogen) atoms. The second kappa shape index (κ2) is 6.05. The molecule has 0 aliphatic carbocycles. The number of ketones is 1. The van der Waals surface area contributed by atoms with Crippen LogP contribution in [0.4, 0.5) is 0 Å². The van der Waals surface area contributed by atoms with Gasteiger partial charge < -0.3 is 9.47 Å². The van der Waals surface area contributed by atoms with Crippen molar-refractivity contribution < 1.29 is 14.3 Å². The maximum atomic E-state index is 11.5. The van der Waals surface area contributed by atoms with Crippen molar-refractivity contribution in [3.63, 3.8) is 0 Å². The molecule has 0 saturated heterocycles. The number of Topliss-reactive ketones (excluding diaryl/α,β-unsaturated/α-hetero) is 1. The number of hydrogen-bond acceptors (Lipinski definition) is 3. The third-order valence-electron chi connectivity index (χ3n) is 2.80. The summed E-state index contributed by atoms with van der Waals surface area (Å²) in [6, 6.07) is 15.2. The van der Waals surface area contributed by atoms with E-state index in [2.05, 4.69) is 0 Å². The van der Waals surface area contributed by atoms with E-state index >= 15 is 0 Å². The Morgan fingerprint density at radius 1 is 1.05 bits per heavy atom. The van der Waals surface area contributed by atoms with Gasteiger partial charge in [-0.3, -0.25) is 4.79 Å². The van der Waals surface area contributed by atoms with Crippen molar-refractivity contribution in [2.75, 3.05) is 7.11 Å². The Hall–Kier alpha value is -2.29. The minimum atomic E-state index is -0.0398. The summed E-state index contributed by atoms with van der Waals surface area (Å²) in [6.07, 6.45) is 0. The van der Waals surface area contributed by atoms with Crippen LogP contribution < -0.4 is 9.47 Å². The van der Waals surface area contributed by atoms with Crippen molar-refractivity contribution in [1.29, 1.82) is 0 Å². The molecule has 0 aliphatic heterocycles. The van der Waals surface area contributed by atoms with E-state index in [1.165, 1.54) is 14.0 Å². The molecule has 0 spiro atoms. The van der Waals surface area contributed by atoms with Gasteiger partial charge in [0, 0.05) is 0 Å². The highest BCUT2D eigenvalue weighted by molar-refractivity contribution is 5.97. The molecular formula is C16H16O3. The number of carbonyl (C=O) groups is 1. The van der Waals surface area contributed by atoms with Crippen LogP contribution in [0.3, 0.4) is 0 Å². The van der Waals surface area contributed by atoms with Crippen LogP contribution >= 0.6 is 0 Å². The van der Waals surface area contributed by atoms with Crippen molar-refractivity contribution >= 4 is 5.78 Å². The summed E-state index contributed by atoms with van der Waals surface area (Å²) in [7, 11) is 1.54. The van der Waals surface area contributed by atoms with Gasteiger partial charge in [0.05, 0.1) is 12.7 Å². The van der Waals surface area contributed by atoms with Gasteiger partial charge in [0.25, 0.3) is 0 Å². The smallest absolute Gasteiger partial charge is 0.171 e. The molecule has 0 aliphatic rings. The molecule has 3 nitrogen and oxygen atoms in total. The fourth-order valence-corrected chi connectivity index (χ4v) is 1.85. The maximum absolute atomic E-state index is 11.5. The fourth-order valence-electron chi connectivity index (χ4n) is 1.85. The van der Waals surface area contributed by atoms with Crippen LogP contribution in [0.2, 0.25) is 0 Å². The van der Waals surface area contributed by atoms with Crippen LogP contribution in [0, 0.1) is 0 Å². The van der Waals surface area contributed by atoms with Crippen LogP contribution in [-0.4, -0.2) is 12.9 Å². The lowest BCUT2D eigenvalue weighted by Gasteiger charge is -2.13. The third-order valence-corrected chi connectivity index (χ3v) is 2.80. The molecule has 0 atom stereocenters. The lowest BCUT2D eigenvalue weighted by Crippen LogP contribution is -2.02. The molecule has 0 radical (unpaired) electrons. The van der Waals surface area contributed by atoms with Gasteiger partial charge in [0.15, 0.2) is 17.3 Å². The van der Waals surface area contributed by atoms with Gasteiger partial charge in [-0.15, -0.1) is 0 Å². The Bertz CT molecular complexity index is 561. The molecular weight excluding hydrogens is 240 g/mol. The average Bonchev–Trinajstić information content (AvgIpc) is 2.45. The standard InChI is InChI=1S/C16H16O3/c1-12(17)14-9-6-10-15(16(14)18-2)19-11-13-7-4-3-5-8-13/h3-10H,11H2,1-2H3. The molecule has 0 heterocycles. The molecule has 0 saturated carbocycles. The zero-order valence-electron chi connectivity index (χ0n) is 11.1. The first-order valence-electron chi connectivity index (χ1n) is 6.07. The zero-order valence-corrected chi connectivity index (χ0v) is 11.1. The van der Waals surface area contributed by atoms with Crippen molar-refractivity contribution in [2.24, 2.45) is 0 Å². The lowest BCUT2D eigenvalue weighted by molar-refractivity contribution is 0.101. The predicted octanol–water partition coefficient (Wildman–Crippen LogP) is 3.48. The third kappa shape index (κ3) is 3.13. The average molecular weight is 256 g/mol. The van der Waals surface area contributed by atoms with Crippen molar-refractivity contribution in [2.45, 2.75) is 13.5 Å². The number of ether oxygens (including phenoxy) is 2. The number of methoxy groups -OCH3 is 1. The Morgan fingerprint density at radius 3 is 2.42 bits per heavy atom. The van der Waals surface area contributed by atoms with E-state index in [4.69, 9.17) is 9.47 Å². The Labute approximate surface area is 112 Å². The zero-order chi connectivity index (χ0) is 13.7. The normalized spacial score (nSPS) is 10.0. The molecule has 2 aromatic carbocycles. The van der Waals surface area contributed by atoms with Gasteiger partial charge in [-0.2, -0.15) is 0 Å². The fraction of sp³-hybridized carbons (Fsp3) is 0.188. The summed E-state index contributed by atoms with van der Waals surface area (Å²) in [5, 5.41) is 0. The highest BCUT2D eigenvalue weighted by Crippen LogP contribution is 2.31. The second-order valence-electron chi connectivity index (χ2n) is 4.17.